The highest BCUT2D eigenvalue weighted by Crippen LogP contribution is 2.36. The summed E-state index contributed by atoms with van der Waals surface area (Å²) in [6.45, 7) is 5.62. The van der Waals surface area contributed by atoms with Crippen molar-refractivity contribution < 1.29 is 14.6 Å². The van der Waals surface area contributed by atoms with Gasteiger partial charge in [-0.1, -0.05) is 19.1 Å². The summed E-state index contributed by atoms with van der Waals surface area (Å²) in [7, 11) is 0. The molecule has 2 rings (SSSR count). The summed E-state index contributed by atoms with van der Waals surface area (Å²) >= 11 is 0. The summed E-state index contributed by atoms with van der Waals surface area (Å²) in [6.07, 6.45) is -0.132. The molecule has 0 saturated heterocycles. The minimum absolute atomic E-state index is 0.0521. The minimum Gasteiger partial charge on any atom is -0.507 e. The van der Waals surface area contributed by atoms with E-state index in [1.807, 2.05) is 26.0 Å². The second-order valence-electron chi connectivity index (χ2n) is 4.09. The third kappa shape index (κ3) is 1.39. The number of rotatable bonds is 0. The average Bonchev–Trinajstić information content (AvgIpc) is 2.18. The molecule has 1 aromatic carbocycles. The lowest BCUT2D eigenvalue weighted by atomic mass is 9.88. The molecule has 0 aliphatic carbocycles. The molecule has 0 amide bonds. The largest absolute Gasteiger partial charge is 0.507 e. The van der Waals surface area contributed by atoms with Gasteiger partial charge in [-0.05, 0) is 25.0 Å². The first-order valence-electron chi connectivity index (χ1n) is 5.05. The van der Waals surface area contributed by atoms with E-state index >= 15 is 0 Å². The minimum atomic E-state index is -0.420. The van der Waals surface area contributed by atoms with Gasteiger partial charge in [0.2, 0.25) is 0 Å². The second kappa shape index (κ2) is 3.26. The first-order valence-corrected chi connectivity index (χ1v) is 5.05. The van der Waals surface area contributed by atoms with Crippen LogP contribution in [0, 0.1) is 6.92 Å². The van der Waals surface area contributed by atoms with Gasteiger partial charge >= 0.3 is 5.97 Å². The van der Waals surface area contributed by atoms with Crippen LogP contribution in [0.5, 0.6) is 5.75 Å². The van der Waals surface area contributed by atoms with E-state index in [0.29, 0.717) is 11.1 Å². The third-order valence-electron chi connectivity index (χ3n) is 3.10. The molecule has 0 aromatic heterocycles. The number of hydrogen-bond acceptors (Lipinski definition) is 3. The second-order valence-corrected chi connectivity index (χ2v) is 4.09. The first-order chi connectivity index (χ1) is 7.02. The fourth-order valence-corrected chi connectivity index (χ4v) is 1.89. The third-order valence-corrected chi connectivity index (χ3v) is 3.10. The molecule has 0 spiro atoms. The first kappa shape index (κ1) is 10.0. The maximum absolute atomic E-state index is 11.6. The number of fused-ring (bicyclic) bond motifs is 1. The molecular formula is C12H14O3. The molecule has 1 heterocycles. The van der Waals surface area contributed by atoms with E-state index in [9.17, 15) is 9.90 Å². The van der Waals surface area contributed by atoms with E-state index in [1.54, 1.807) is 6.92 Å². The van der Waals surface area contributed by atoms with Crippen molar-refractivity contribution in [2.24, 2.45) is 0 Å². The predicted molar refractivity (Wildman–Crippen MR) is 56.1 cm³/mol. The topological polar surface area (TPSA) is 46.5 Å². The smallest absolute Gasteiger partial charge is 0.342 e. The normalized spacial score (nSPS) is 24.6. The number of carbonyl (C=O) groups excluding carboxylic acids is 1. The van der Waals surface area contributed by atoms with Gasteiger partial charge in [0.1, 0.15) is 17.4 Å². The molecule has 3 nitrogen and oxygen atoms in total. The van der Waals surface area contributed by atoms with Crippen molar-refractivity contribution in [2.75, 3.05) is 0 Å². The zero-order valence-corrected chi connectivity index (χ0v) is 9.07. The quantitative estimate of drug-likeness (QED) is 0.663. The molecule has 0 fully saturated rings. The van der Waals surface area contributed by atoms with Crippen LogP contribution in [0.2, 0.25) is 0 Å². The molecule has 80 valence electrons. The molecule has 1 aliphatic rings. The molecule has 3 heteroatoms. The van der Waals surface area contributed by atoms with Gasteiger partial charge in [0, 0.05) is 5.92 Å². The van der Waals surface area contributed by atoms with Crippen molar-refractivity contribution in [2.45, 2.75) is 32.8 Å². The Labute approximate surface area is 88.7 Å². The molecule has 1 aliphatic heterocycles. The summed E-state index contributed by atoms with van der Waals surface area (Å²) in [6, 6.07) is 3.72. The van der Waals surface area contributed by atoms with Gasteiger partial charge in [0.25, 0.3) is 0 Å². The zero-order valence-electron chi connectivity index (χ0n) is 9.07. The fourth-order valence-electron chi connectivity index (χ4n) is 1.89. The number of carbonyl (C=O) groups is 1. The lowest BCUT2D eigenvalue weighted by Gasteiger charge is -2.28. The van der Waals surface area contributed by atoms with Gasteiger partial charge < -0.3 is 9.84 Å². The molecule has 0 bridgehead atoms. The Morgan fingerprint density at radius 2 is 2.00 bits per heavy atom. The summed E-state index contributed by atoms with van der Waals surface area (Å²) in [4.78, 5) is 11.6. The highest BCUT2D eigenvalue weighted by molar-refractivity contribution is 5.96. The van der Waals surface area contributed by atoms with E-state index < -0.39 is 5.97 Å². The number of esters is 1. The lowest BCUT2D eigenvalue weighted by Crippen LogP contribution is -2.28. The highest BCUT2D eigenvalue weighted by atomic mass is 16.5. The van der Waals surface area contributed by atoms with Crippen molar-refractivity contribution in [3.63, 3.8) is 0 Å². The number of benzene rings is 1. The maximum Gasteiger partial charge on any atom is 0.342 e. The summed E-state index contributed by atoms with van der Waals surface area (Å²) in [5.74, 6) is -0.239. The monoisotopic (exact) mass is 206 g/mol. The summed E-state index contributed by atoms with van der Waals surface area (Å²) in [5, 5.41) is 9.82. The number of phenolic OH excluding ortho intramolecular Hbond substituents is 1. The van der Waals surface area contributed by atoms with Crippen LogP contribution in [-0.4, -0.2) is 17.2 Å². The Bertz CT molecular complexity index is 423. The Balaban J connectivity index is 2.66. The SMILES string of the molecule is Cc1ccc2c(c1O)C(=O)O[C@@H](C)[C@@H]2C. The van der Waals surface area contributed by atoms with Gasteiger partial charge in [-0.25, -0.2) is 4.79 Å². The highest BCUT2D eigenvalue weighted by Gasteiger charge is 2.32. The van der Waals surface area contributed by atoms with Crippen LogP contribution < -0.4 is 0 Å². The van der Waals surface area contributed by atoms with Crippen LogP contribution in [0.3, 0.4) is 0 Å². The number of ether oxygens (including phenoxy) is 1. The standard InChI is InChI=1S/C12H14O3/c1-6-4-5-9-7(2)8(3)15-12(14)10(9)11(6)13/h4-5,7-8,13H,1-3H3/t7-,8-/m0/s1. The van der Waals surface area contributed by atoms with Crippen molar-refractivity contribution >= 4 is 5.97 Å². The van der Waals surface area contributed by atoms with Crippen LogP contribution in [0.15, 0.2) is 12.1 Å². The van der Waals surface area contributed by atoms with Crippen LogP contribution in [0.1, 0.15) is 41.3 Å². The van der Waals surface area contributed by atoms with Crippen molar-refractivity contribution in [1.82, 2.24) is 0 Å². The van der Waals surface area contributed by atoms with Crippen molar-refractivity contribution in [3.8, 4) is 5.75 Å². The van der Waals surface area contributed by atoms with E-state index in [0.717, 1.165) is 5.56 Å². The van der Waals surface area contributed by atoms with Crippen LogP contribution in [-0.2, 0) is 4.74 Å². The summed E-state index contributed by atoms with van der Waals surface area (Å²) in [5.41, 5.74) is 1.91. The van der Waals surface area contributed by atoms with Gasteiger partial charge in [-0.15, -0.1) is 0 Å². The Morgan fingerprint density at radius 3 is 2.67 bits per heavy atom. The van der Waals surface area contributed by atoms with Crippen LogP contribution in [0.4, 0.5) is 0 Å². The van der Waals surface area contributed by atoms with E-state index in [1.165, 1.54) is 0 Å². The molecule has 15 heavy (non-hydrogen) atoms. The molecule has 2 atom stereocenters. The predicted octanol–water partition coefficient (Wildman–Crippen LogP) is 2.36. The zero-order chi connectivity index (χ0) is 11.2. The molecule has 0 radical (unpaired) electrons. The summed E-state index contributed by atoms with van der Waals surface area (Å²) < 4.78 is 5.16. The fraction of sp³-hybridized carbons (Fsp3) is 0.417. The number of aromatic hydroxyl groups is 1. The number of cyclic esters (lactones) is 1. The Morgan fingerprint density at radius 1 is 1.33 bits per heavy atom. The molecular weight excluding hydrogens is 192 g/mol. The Hall–Kier alpha value is -1.51. The van der Waals surface area contributed by atoms with Crippen molar-refractivity contribution in [3.05, 3.63) is 28.8 Å². The maximum atomic E-state index is 11.6. The molecule has 1 N–H and O–H groups in total. The molecule has 1 aromatic rings. The Kier molecular flexibility index (Phi) is 2.18. The lowest BCUT2D eigenvalue weighted by molar-refractivity contribution is 0.0236. The molecule has 0 unspecified atom stereocenters. The van der Waals surface area contributed by atoms with Gasteiger partial charge in [0.15, 0.2) is 0 Å². The number of phenols is 1. The van der Waals surface area contributed by atoms with E-state index in [4.69, 9.17) is 4.74 Å². The van der Waals surface area contributed by atoms with Gasteiger partial charge in [-0.3, -0.25) is 0 Å². The van der Waals surface area contributed by atoms with E-state index in [-0.39, 0.29) is 17.8 Å². The number of hydrogen-bond donors (Lipinski definition) is 1. The molecule has 0 saturated carbocycles. The van der Waals surface area contributed by atoms with Gasteiger partial charge in [-0.2, -0.15) is 0 Å². The number of aryl methyl sites for hydroxylation is 1. The van der Waals surface area contributed by atoms with Crippen molar-refractivity contribution in [1.29, 1.82) is 0 Å². The van der Waals surface area contributed by atoms with Gasteiger partial charge in [0.05, 0.1) is 0 Å². The van der Waals surface area contributed by atoms with E-state index in [2.05, 4.69) is 0 Å². The average molecular weight is 206 g/mol. The van der Waals surface area contributed by atoms with Crippen LogP contribution in [0.25, 0.3) is 0 Å². The van der Waals surface area contributed by atoms with Crippen LogP contribution >= 0.6 is 0 Å².